The average molecular weight is 426 g/mol. The number of hydrogen-bond acceptors (Lipinski definition) is 7. The van der Waals surface area contributed by atoms with Crippen molar-refractivity contribution in [2.75, 3.05) is 34.4 Å². The van der Waals surface area contributed by atoms with Gasteiger partial charge >= 0.3 is 0 Å². The summed E-state index contributed by atoms with van der Waals surface area (Å²) in [7, 11) is 3.09. The highest BCUT2D eigenvalue weighted by Gasteiger charge is 2.15. The van der Waals surface area contributed by atoms with Crippen LogP contribution in [0.4, 0.5) is 0 Å². The molecule has 0 saturated heterocycles. The predicted molar refractivity (Wildman–Crippen MR) is 118 cm³/mol. The molecule has 2 aromatic carbocycles. The van der Waals surface area contributed by atoms with Crippen molar-refractivity contribution in [2.45, 2.75) is 13.8 Å². The van der Waals surface area contributed by atoms with Crippen LogP contribution in [0.15, 0.2) is 63.3 Å². The van der Waals surface area contributed by atoms with E-state index in [0.717, 1.165) is 11.1 Å². The predicted octanol–water partition coefficient (Wildman–Crippen LogP) is 4.77. The van der Waals surface area contributed by atoms with E-state index in [1.54, 1.807) is 31.4 Å². The first kappa shape index (κ1) is 22.4. The molecule has 0 unspecified atom stereocenters. The van der Waals surface area contributed by atoms with Gasteiger partial charge in [-0.1, -0.05) is 5.57 Å². The number of ether oxygens (including phenoxy) is 5. The Labute approximate surface area is 180 Å². The van der Waals surface area contributed by atoms with Crippen LogP contribution in [0, 0.1) is 0 Å². The molecule has 1 aromatic heterocycles. The van der Waals surface area contributed by atoms with Crippen LogP contribution in [-0.4, -0.2) is 34.4 Å². The summed E-state index contributed by atoms with van der Waals surface area (Å²) in [6.45, 7) is 4.50. The van der Waals surface area contributed by atoms with Gasteiger partial charge in [-0.05, 0) is 44.2 Å². The molecule has 0 atom stereocenters. The molecular weight excluding hydrogens is 400 g/mol. The summed E-state index contributed by atoms with van der Waals surface area (Å²) in [5, 5.41) is 0.357. The molecular formula is C24H26O7. The topological polar surface area (TPSA) is 76.4 Å². The maximum Gasteiger partial charge on any atom is 0.197 e. The Morgan fingerprint density at radius 3 is 2.23 bits per heavy atom. The zero-order valence-corrected chi connectivity index (χ0v) is 18.1. The minimum absolute atomic E-state index is 0.0613. The Balaban J connectivity index is 2.02. The molecule has 0 N–H and O–H groups in total. The molecule has 7 nitrogen and oxygen atoms in total. The second-order valence-electron chi connectivity index (χ2n) is 6.99. The Morgan fingerprint density at radius 2 is 1.58 bits per heavy atom. The van der Waals surface area contributed by atoms with Gasteiger partial charge in [0.2, 0.25) is 0 Å². The summed E-state index contributed by atoms with van der Waals surface area (Å²) in [4.78, 5) is 13.0. The van der Waals surface area contributed by atoms with Gasteiger partial charge in [0.25, 0.3) is 0 Å². The first-order valence-corrected chi connectivity index (χ1v) is 9.73. The first-order chi connectivity index (χ1) is 15.0. The van der Waals surface area contributed by atoms with Crippen LogP contribution in [0.25, 0.3) is 22.3 Å². The molecule has 3 aromatic rings. The van der Waals surface area contributed by atoms with Gasteiger partial charge in [-0.2, -0.15) is 0 Å². The number of hydrogen-bond donors (Lipinski definition) is 0. The van der Waals surface area contributed by atoms with Crippen molar-refractivity contribution in [2.24, 2.45) is 0 Å². The fraction of sp³-hybridized carbons (Fsp3) is 0.292. The van der Waals surface area contributed by atoms with E-state index >= 15 is 0 Å². The van der Waals surface area contributed by atoms with Crippen molar-refractivity contribution in [3.8, 4) is 28.6 Å². The molecule has 0 spiro atoms. The number of benzene rings is 2. The summed E-state index contributed by atoms with van der Waals surface area (Å²) in [6, 6.07) is 12.0. The van der Waals surface area contributed by atoms with Crippen molar-refractivity contribution in [3.63, 3.8) is 0 Å². The normalized spacial score (nSPS) is 10.7. The van der Waals surface area contributed by atoms with Crippen molar-refractivity contribution in [1.29, 1.82) is 0 Å². The minimum Gasteiger partial charge on any atom is -0.488 e. The summed E-state index contributed by atoms with van der Waals surface area (Å²) in [6.07, 6.45) is 1.93. The van der Waals surface area contributed by atoms with Crippen molar-refractivity contribution < 1.29 is 28.1 Å². The third kappa shape index (κ3) is 5.87. The second-order valence-corrected chi connectivity index (χ2v) is 6.99. The van der Waals surface area contributed by atoms with Gasteiger partial charge in [-0.25, -0.2) is 0 Å². The van der Waals surface area contributed by atoms with E-state index in [0.29, 0.717) is 40.6 Å². The lowest BCUT2D eigenvalue weighted by Crippen LogP contribution is -2.06. The quantitative estimate of drug-likeness (QED) is 0.341. The van der Waals surface area contributed by atoms with Crippen LogP contribution in [0.1, 0.15) is 13.8 Å². The summed E-state index contributed by atoms with van der Waals surface area (Å²) in [5.41, 5.74) is 2.01. The average Bonchev–Trinajstić information content (AvgIpc) is 2.76. The molecule has 0 saturated carbocycles. The van der Waals surface area contributed by atoms with Crippen LogP contribution < -0.4 is 19.6 Å². The molecule has 0 fully saturated rings. The molecule has 0 radical (unpaired) electrons. The molecule has 0 amide bonds. The van der Waals surface area contributed by atoms with Crippen LogP contribution in [-0.2, 0) is 9.47 Å². The highest BCUT2D eigenvalue weighted by molar-refractivity contribution is 5.86. The van der Waals surface area contributed by atoms with Crippen molar-refractivity contribution in [3.05, 3.63) is 64.3 Å². The summed E-state index contributed by atoms with van der Waals surface area (Å²) >= 11 is 0. The van der Waals surface area contributed by atoms with E-state index in [2.05, 4.69) is 0 Å². The molecule has 0 aliphatic heterocycles. The van der Waals surface area contributed by atoms with Crippen molar-refractivity contribution >= 4 is 11.0 Å². The zero-order chi connectivity index (χ0) is 22.2. The molecule has 164 valence electrons. The Kier molecular flexibility index (Phi) is 7.70. The standard InChI is InChI=1S/C24H26O7/c1-16(2)9-10-28-22-11-19(30-15-27-4)12-23-24(22)20(25)13-21(31-23)17-5-7-18(8-6-17)29-14-26-3/h5-9,11-13H,10,14-15H2,1-4H3. The Morgan fingerprint density at radius 1 is 0.903 bits per heavy atom. The number of allylic oxidation sites excluding steroid dienone is 1. The van der Waals surface area contributed by atoms with Gasteiger partial charge in [0, 0.05) is 38.0 Å². The summed E-state index contributed by atoms with van der Waals surface area (Å²) in [5.74, 6) is 1.95. The maximum atomic E-state index is 13.0. The Bertz CT molecular complexity index is 1090. The van der Waals surface area contributed by atoms with E-state index in [-0.39, 0.29) is 19.0 Å². The molecule has 3 rings (SSSR count). The van der Waals surface area contributed by atoms with Gasteiger partial charge in [0.15, 0.2) is 19.0 Å². The second kappa shape index (κ2) is 10.7. The van der Waals surface area contributed by atoms with E-state index in [1.165, 1.54) is 13.2 Å². The van der Waals surface area contributed by atoms with E-state index < -0.39 is 0 Å². The third-order valence-corrected chi connectivity index (χ3v) is 4.32. The molecule has 1 heterocycles. The third-order valence-electron chi connectivity index (χ3n) is 4.32. The van der Waals surface area contributed by atoms with Crippen molar-refractivity contribution in [1.82, 2.24) is 0 Å². The highest BCUT2D eigenvalue weighted by Crippen LogP contribution is 2.32. The van der Waals surface area contributed by atoms with Crippen LogP contribution >= 0.6 is 0 Å². The number of fused-ring (bicyclic) bond motifs is 1. The van der Waals surface area contributed by atoms with Crippen LogP contribution in [0.3, 0.4) is 0 Å². The van der Waals surface area contributed by atoms with E-state index in [4.69, 9.17) is 28.1 Å². The molecule has 0 aliphatic carbocycles. The highest BCUT2D eigenvalue weighted by atomic mass is 16.7. The zero-order valence-electron chi connectivity index (χ0n) is 18.1. The van der Waals surface area contributed by atoms with Crippen LogP contribution in [0.2, 0.25) is 0 Å². The van der Waals surface area contributed by atoms with Crippen LogP contribution in [0.5, 0.6) is 17.2 Å². The van der Waals surface area contributed by atoms with Gasteiger partial charge in [0.1, 0.15) is 40.6 Å². The van der Waals surface area contributed by atoms with E-state index in [9.17, 15) is 4.79 Å². The molecule has 31 heavy (non-hydrogen) atoms. The smallest absolute Gasteiger partial charge is 0.197 e. The van der Waals surface area contributed by atoms with E-state index in [1.807, 2.05) is 32.1 Å². The van der Waals surface area contributed by atoms with Gasteiger partial charge in [-0.15, -0.1) is 0 Å². The lowest BCUT2D eigenvalue weighted by atomic mass is 10.1. The fourth-order valence-corrected chi connectivity index (χ4v) is 2.84. The number of rotatable bonds is 10. The summed E-state index contributed by atoms with van der Waals surface area (Å²) < 4.78 is 32.7. The lowest BCUT2D eigenvalue weighted by Gasteiger charge is -2.12. The van der Waals surface area contributed by atoms with Gasteiger partial charge in [-0.3, -0.25) is 4.79 Å². The number of methoxy groups -OCH3 is 2. The van der Waals surface area contributed by atoms with Gasteiger partial charge in [0.05, 0.1) is 0 Å². The minimum atomic E-state index is -0.207. The largest absolute Gasteiger partial charge is 0.488 e. The fourth-order valence-electron chi connectivity index (χ4n) is 2.84. The lowest BCUT2D eigenvalue weighted by molar-refractivity contribution is 0.0509. The van der Waals surface area contributed by atoms with Gasteiger partial charge < -0.3 is 28.1 Å². The first-order valence-electron chi connectivity index (χ1n) is 9.73. The maximum absolute atomic E-state index is 13.0. The Hall–Kier alpha value is -3.29. The monoisotopic (exact) mass is 426 g/mol. The molecule has 0 bridgehead atoms. The molecule has 0 aliphatic rings. The SMILES string of the molecule is COCOc1ccc(-c2cc(=O)c3c(OCC=C(C)C)cc(OCOC)cc3o2)cc1. The molecule has 7 heteroatoms.